The summed E-state index contributed by atoms with van der Waals surface area (Å²) in [5.41, 5.74) is 0.575. The third-order valence-corrected chi connectivity index (χ3v) is 2.35. The van der Waals surface area contributed by atoms with Crippen LogP contribution in [0.2, 0.25) is 0 Å². The van der Waals surface area contributed by atoms with Crippen molar-refractivity contribution in [3.63, 3.8) is 0 Å². The lowest BCUT2D eigenvalue weighted by atomic mass is 10.2. The molecule has 88 valence electrons. The van der Waals surface area contributed by atoms with E-state index in [9.17, 15) is 13.2 Å². The maximum absolute atomic E-state index is 13.3. The van der Waals surface area contributed by atoms with Crippen molar-refractivity contribution >= 4 is 5.69 Å². The predicted octanol–water partition coefficient (Wildman–Crippen LogP) is 3.72. The molecule has 1 N–H and O–H groups in total. The highest BCUT2D eigenvalue weighted by atomic mass is 19.1. The third kappa shape index (κ3) is 2.78. The van der Waals surface area contributed by atoms with Gasteiger partial charge in [0, 0.05) is 29.9 Å². The Kier molecular flexibility index (Phi) is 3.32. The molecule has 4 heteroatoms. The van der Waals surface area contributed by atoms with Gasteiger partial charge in [-0.1, -0.05) is 18.2 Å². The van der Waals surface area contributed by atoms with Crippen molar-refractivity contribution in [3.05, 3.63) is 65.5 Å². The lowest BCUT2D eigenvalue weighted by Crippen LogP contribution is -2.05. The molecular weight excluding hydrogens is 227 g/mol. The van der Waals surface area contributed by atoms with Crippen LogP contribution in [0.5, 0.6) is 0 Å². The molecule has 0 aromatic heterocycles. The molecule has 1 nitrogen and oxygen atoms in total. The summed E-state index contributed by atoms with van der Waals surface area (Å²) in [6.07, 6.45) is 0. The van der Waals surface area contributed by atoms with Gasteiger partial charge in [-0.15, -0.1) is 0 Å². The van der Waals surface area contributed by atoms with Crippen LogP contribution in [0, 0.1) is 17.5 Å². The summed E-state index contributed by atoms with van der Waals surface area (Å²) in [6, 6.07) is 10.3. The Bertz CT molecular complexity index is 488. The maximum Gasteiger partial charge on any atom is 0.134 e. The maximum atomic E-state index is 13.3. The quantitative estimate of drug-likeness (QED) is 0.857. The second kappa shape index (κ2) is 4.91. The summed E-state index contributed by atoms with van der Waals surface area (Å²) >= 11 is 0. The van der Waals surface area contributed by atoms with Crippen molar-refractivity contribution in [2.24, 2.45) is 0 Å². The van der Waals surface area contributed by atoms with Gasteiger partial charge >= 0.3 is 0 Å². The van der Waals surface area contributed by atoms with Gasteiger partial charge in [0.1, 0.15) is 17.5 Å². The zero-order valence-corrected chi connectivity index (χ0v) is 8.88. The molecule has 0 spiro atoms. The smallest absolute Gasteiger partial charge is 0.134 e. The molecule has 2 rings (SSSR count). The van der Waals surface area contributed by atoms with Gasteiger partial charge in [0.25, 0.3) is 0 Å². The number of anilines is 1. The molecule has 2 aromatic carbocycles. The molecule has 0 fully saturated rings. The zero-order chi connectivity index (χ0) is 12.3. The van der Waals surface area contributed by atoms with Crippen LogP contribution in [-0.2, 0) is 6.54 Å². The van der Waals surface area contributed by atoms with Crippen LogP contribution in [0.3, 0.4) is 0 Å². The SMILES string of the molecule is Fc1cc(F)c(CNc2ccccc2)c(F)c1. The summed E-state index contributed by atoms with van der Waals surface area (Å²) in [4.78, 5) is 0. The van der Waals surface area contributed by atoms with Crippen LogP contribution in [0.4, 0.5) is 18.9 Å². The van der Waals surface area contributed by atoms with Crippen molar-refractivity contribution in [1.29, 1.82) is 0 Å². The van der Waals surface area contributed by atoms with Crippen molar-refractivity contribution in [1.82, 2.24) is 0 Å². The Morgan fingerprint density at radius 1 is 0.882 bits per heavy atom. The molecule has 0 atom stereocenters. The predicted molar refractivity (Wildman–Crippen MR) is 60.1 cm³/mol. The normalized spacial score (nSPS) is 10.3. The minimum atomic E-state index is -0.913. The first-order chi connectivity index (χ1) is 8.16. The highest BCUT2D eigenvalue weighted by molar-refractivity contribution is 5.43. The van der Waals surface area contributed by atoms with E-state index in [1.807, 2.05) is 6.07 Å². The van der Waals surface area contributed by atoms with Crippen LogP contribution >= 0.6 is 0 Å². The number of rotatable bonds is 3. The topological polar surface area (TPSA) is 12.0 Å². The number of hydrogen-bond donors (Lipinski definition) is 1. The molecule has 0 aliphatic rings. The zero-order valence-electron chi connectivity index (χ0n) is 8.88. The Morgan fingerprint density at radius 3 is 2.06 bits per heavy atom. The Morgan fingerprint density at radius 2 is 1.47 bits per heavy atom. The molecule has 0 bridgehead atoms. The van der Waals surface area contributed by atoms with Gasteiger partial charge in [0.05, 0.1) is 0 Å². The monoisotopic (exact) mass is 237 g/mol. The Balaban J connectivity index is 2.15. The second-order valence-electron chi connectivity index (χ2n) is 3.57. The highest BCUT2D eigenvalue weighted by Crippen LogP contribution is 2.16. The molecule has 0 saturated heterocycles. The van der Waals surface area contributed by atoms with Crippen LogP contribution in [0.15, 0.2) is 42.5 Å². The minimum absolute atomic E-state index is 0.0258. The molecule has 0 unspecified atom stereocenters. The number of benzene rings is 2. The van der Waals surface area contributed by atoms with Gasteiger partial charge in [-0.3, -0.25) is 0 Å². The molecule has 0 aliphatic carbocycles. The first kappa shape index (κ1) is 11.5. The molecule has 17 heavy (non-hydrogen) atoms. The van der Waals surface area contributed by atoms with Crippen molar-refractivity contribution in [2.75, 3.05) is 5.32 Å². The van der Waals surface area contributed by atoms with E-state index in [1.54, 1.807) is 24.3 Å². The average Bonchev–Trinajstić information content (AvgIpc) is 2.29. The van der Waals surface area contributed by atoms with E-state index >= 15 is 0 Å². The first-order valence-corrected chi connectivity index (χ1v) is 5.09. The molecule has 0 heterocycles. The summed E-state index contributed by atoms with van der Waals surface area (Å²) in [5, 5.41) is 2.86. The lowest BCUT2D eigenvalue weighted by Gasteiger charge is -2.08. The number of nitrogens with one attached hydrogen (secondary N) is 1. The van der Waals surface area contributed by atoms with E-state index < -0.39 is 17.5 Å². The van der Waals surface area contributed by atoms with Crippen molar-refractivity contribution in [2.45, 2.75) is 6.54 Å². The molecule has 0 radical (unpaired) electrons. The number of halogens is 3. The van der Waals surface area contributed by atoms with E-state index in [-0.39, 0.29) is 12.1 Å². The molecule has 0 aliphatic heterocycles. The van der Waals surface area contributed by atoms with Gasteiger partial charge in [-0.2, -0.15) is 0 Å². The van der Waals surface area contributed by atoms with Crippen molar-refractivity contribution in [3.8, 4) is 0 Å². The molecule has 2 aromatic rings. The fourth-order valence-electron chi connectivity index (χ4n) is 1.49. The molecule has 0 saturated carbocycles. The van der Waals surface area contributed by atoms with Crippen LogP contribution in [0.25, 0.3) is 0 Å². The third-order valence-electron chi connectivity index (χ3n) is 2.35. The summed E-state index contributed by atoms with van der Waals surface area (Å²) in [6.45, 7) is -0.0258. The fourth-order valence-corrected chi connectivity index (χ4v) is 1.49. The summed E-state index contributed by atoms with van der Waals surface area (Å²) in [7, 11) is 0. The second-order valence-corrected chi connectivity index (χ2v) is 3.57. The van der Waals surface area contributed by atoms with E-state index in [0.29, 0.717) is 12.1 Å². The van der Waals surface area contributed by atoms with E-state index in [1.165, 1.54) is 0 Å². The first-order valence-electron chi connectivity index (χ1n) is 5.09. The van der Waals surface area contributed by atoms with Crippen LogP contribution < -0.4 is 5.32 Å². The van der Waals surface area contributed by atoms with Gasteiger partial charge in [0.2, 0.25) is 0 Å². The Labute approximate surface area is 96.9 Å². The number of para-hydroxylation sites is 1. The minimum Gasteiger partial charge on any atom is -0.381 e. The fraction of sp³-hybridized carbons (Fsp3) is 0.0769. The van der Waals surface area contributed by atoms with Gasteiger partial charge < -0.3 is 5.32 Å². The van der Waals surface area contributed by atoms with E-state index in [4.69, 9.17) is 0 Å². The largest absolute Gasteiger partial charge is 0.381 e. The average molecular weight is 237 g/mol. The summed E-state index contributed by atoms with van der Waals surface area (Å²) in [5.74, 6) is -2.68. The summed E-state index contributed by atoms with van der Waals surface area (Å²) < 4.78 is 39.3. The standard InChI is InChI=1S/C13H10F3N/c14-9-6-12(15)11(13(16)7-9)8-17-10-4-2-1-3-5-10/h1-7,17H,8H2. The van der Waals surface area contributed by atoms with Crippen LogP contribution in [0.1, 0.15) is 5.56 Å². The molecule has 0 amide bonds. The van der Waals surface area contributed by atoms with Gasteiger partial charge in [-0.25, -0.2) is 13.2 Å². The van der Waals surface area contributed by atoms with Gasteiger partial charge in [0.15, 0.2) is 0 Å². The van der Waals surface area contributed by atoms with E-state index in [2.05, 4.69) is 5.32 Å². The number of hydrogen-bond acceptors (Lipinski definition) is 1. The Hall–Kier alpha value is -1.97. The molecular formula is C13H10F3N. The lowest BCUT2D eigenvalue weighted by molar-refractivity contribution is 0.527. The van der Waals surface area contributed by atoms with Gasteiger partial charge in [-0.05, 0) is 12.1 Å². The van der Waals surface area contributed by atoms with Crippen molar-refractivity contribution < 1.29 is 13.2 Å². The van der Waals surface area contributed by atoms with E-state index in [0.717, 1.165) is 5.69 Å². The van der Waals surface area contributed by atoms with Crippen LogP contribution in [-0.4, -0.2) is 0 Å². The highest BCUT2D eigenvalue weighted by Gasteiger charge is 2.10.